The van der Waals surface area contributed by atoms with Crippen LogP contribution in [0.25, 0.3) is 0 Å². The van der Waals surface area contributed by atoms with E-state index in [1.165, 1.54) is 135 Å². The van der Waals surface area contributed by atoms with Crippen molar-refractivity contribution in [1.29, 1.82) is 0 Å². The van der Waals surface area contributed by atoms with Crippen LogP contribution in [-0.4, -0.2) is 96.7 Å². The van der Waals surface area contributed by atoms with Gasteiger partial charge >= 0.3 is 39.5 Å². The maximum Gasteiger partial charge on any atom is 0.472 e. The minimum absolute atomic E-state index is 0.104. The molecule has 0 fully saturated rings. The molecule has 0 aromatic carbocycles. The Balaban J connectivity index is 5.15. The summed E-state index contributed by atoms with van der Waals surface area (Å²) < 4.78 is 67.8. The average molecular weight is 1230 g/mol. The topological polar surface area (TPSA) is 237 Å². The normalized spacial score (nSPS) is 14.2. The van der Waals surface area contributed by atoms with Crippen LogP contribution < -0.4 is 0 Å². The van der Waals surface area contributed by atoms with Gasteiger partial charge in [0.2, 0.25) is 0 Å². The molecule has 0 aliphatic heterocycles. The number of unbranched alkanes of at least 4 members (excludes halogenated alkanes) is 36. The van der Waals surface area contributed by atoms with E-state index in [0.717, 1.165) is 109 Å². The lowest BCUT2D eigenvalue weighted by Gasteiger charge is -2.21. The zero-order chi connectivity index (χ0) is 61.3. The van der Waals surface area contributed by atoms with Crippen molar-refractivity contribution in [2.45, 2.75) is 342 Å². The average Bonchev–Trinajstić information content (AvgIpc) is 3.45. The molecule has 0 rings (SSSR count). The summed E-state index contributed by atoms with van der Waals surface area (Å²) in [5.74, 6) is -1.36. The van der Waals surface area contributed by atoms with E-state index < -0.39 is 97.5 Å². The summed E-state index contributed by atoms with van der Waals surface area (Å²) in [6, 6.07) is 0. The molecule has 0 saturated heterocycles. The van der Waals surface area contributed by atoms with Crippen LogP contribution in [0.3, 0.4) is 0 Å². The minimum Gasteiger partial charge on any atom is -0.462 e. The van der Waals surface area contributed by atoms with E-state index in [4.69, 9.17) is 37.0 Å². The highest BCUT2D eigenvalue weighted by Gasteiger charge is 2.30. The number of hydrogen-bond donors (Lipinski definition) is 3. The number of ether oxygens (including phenoxy) is 4. The number of rotatable bonds is 64. The van der Waals surface area contributed by atoms with Gasteiger partial charge in [0, 0.05) is 25.7 Å². The van der Waals surface area contributed by atoms with E-state index in [0.29, 0.717) is 25.7 Å². The van der Waals surface area contributed by atoms with Crippen LogP contribution in [0.1, 0.15) is 324 Å². The predicted molar refractivity (Wildman–Crippen MR) is 331 cm³/mol. The smallest absolute Gasteiger partial charge is 0.462 e. The van der Waals surface area contributed by atoms with Gasteiger partial charge in [0.1, 0.15) is 19.3 Å². The fraction of sp³-hybridized carbons (Fsp3) is 0.938. The molecule has 0 aliphatic rings. The Hall–Kier alpha value is -1.94. The fourth-order valence-corrected chi connectivity index (χ4v) is 11.2. The number of esters is 4. The van der Waals surface area contributed by atoms with Gasteiger partial charge in [-0.1, -0.05) is 272 Å². The first-order valence-electron chi connectivity index (χ1n) is 33.6. The quantitative estimate of drug-likeness (QED) is 0.0222. The summed E-state index contributed by atoms with van der Waals surface area (Å²) in [7, 11) is -9.87. The van der Waals surface area contributed by atoms with Gasteiger partial charge in [0.15, 0.2) is 12.2 Å². The van der Waals surface area contributed by atoms with Crippen LogP contribution in [0.5, 0.6) is 0 Å². The lowest BCUT2D eigenvalue weighted by atomic mass is 10.0. The van der Waals surface area contributed by atoms with E-state index in [1.807, 2.05) is 0 Å². The highest BCUT2D eigenvalue weighted by molar-refractivity contribution is 7.47. The van der Waals surface area contributed by atoms with Crippen LogP contribution >= 0.6 is 15.6 Å². The zero-order valence-electron chi connectivity index (χ0n) is 53.3. The number of aliphatic hydroxyl groups excluding tert-OH is 1. The molecular formula is C64H124O17P2. The van der Waals surface area contributed by atoms with Crippen molar-refractivity contribution in [1.82, 2.24) is 0 Å². The van der Waals surface area contributed by atoms with E-state index in [-0.39, 0.29) is 25.7 Å². The maximum absolute atomic E-state index is 13.0. The standard InChI is InChI=1S/C64H124O17P2/c1-6-9-12-15-17-19-20-21-24-27-30-34-38-43-48-62(67)75-54-60(81-64(69)50-45-40-35-31-28-25-22-23-26-29-32-37-41-46-57(4)5)56-79-83(72,73)77-52-58(65)51-76-82(70,71)78-55-59(53-74-61(66)47-42-36-14-11-8-3)80-63(68)49-44-39-33-18-16-13-10-7-2/h57-60,65H,6-56H2,1-5H3,(H,70,71)(H,72,73)/t58-,59+,60+/m0/s1. The number of phosphoric acid groups is 2. The summed E-state index contributed by atoms with van der Waals surface area (Å²) in [6.07, 6.45) is 42.1. The number of hydrogen-bond acceptors (Lipinski definition) is 15. The SMILES string of the molecule is CCCCCCCCCCCCCCCCC(=O)OC[C@H](COP(=O)(O)OC[C@@H](O)COP(=O)(O)OC[C@@H](COC(=O)CCCCCCC)OC(=O)CCCCCCCCCC)OC(=O)CCCCCCCCCCCCCCCC(C)C. The first-order chi connectivity index (χ1) is 40.0. The Morgan fingerprint density at radius 2 is 0.554 bits per heavy atom. The molecule has 5 atom stereocenters. The Labute approximate surface area is 505 Å². The van der Waals surface area contributed by atoms with Gasteiger partial charge < -0.3 is 33.8 Å². The molecular weight excluding hydrogens is 1100 g/mol. The van der Waals surface area contributed by atoms with Gasteiger partial charge in [-0.25, -0.2) is 9.13 Å². The third kappa shape index (κ3) is 58.8. The van der Waals surface area contributed by atoms with Crippen molar-refractivity contribution < 1.29 is 80.2 Å². The number of carbonyl (C=O) groups excluding carboxylic acids is 4. The predicted octanol–water partition coefficient (Wildman–Crippen LogP) is 17.8. The highest BCUT2D eigenvalue weighted by Crippen LogP contribution is 2.45. The van der Waals surface area contributed by atoms with Gasteiger partial charge in [0.05, 0.1) is 26.4 Å². The molecule has 3 N–H and O–H groups in total. The Morgan fingerprint density at radius 3 is 0.819 bits per heavy atom. The van der Waals surface area contributed by atoms with Crippen molar-refractivity contribution >= 4 is 39.5 Å². The van der Waals surface area contributed by atoms with E-state index in [1.54, 1.807) is 0 Å². The third-order valence-electron chi connectivity index (χ3n) is 14.8. The molecule has 0 radical (unpaired) electrons. The molecule has 2 unspecified atom stereocenters. The molecule has 0 aromatic heterocycles. The molecule has 0 bridgehead atoms. The Morgan fingerprint density at radius 1 is 0.325 bits per heavy atom. The van der Waals surface area contributed by atoms with Crippen molar-refractivity contribution in [2.75, 3.05) is 39.6 Å². The molecule has 0 heterocycles. The molecule has 0 aliphatic carbocycles. The van der Waals surface area contributed by atoms with Crippen molar-refractivity contribution in [3.8, 4) is 0 Å². The van der Waals surface area contributed by atoms with Crippen molar-refractivity contribution in [3.05, 3.63) is 0 Å². The maximum atomic E-state index is 13.0. The van der Waals surface area contributed by atoms with Gasteiger partial charge in [0.25, 0.3) is 0 Å². The van der Waals surface area contributed by atoms with Crippen LogP contribution in [0, 0.1) is 5.92 Å². The number of phosphoric ester groups is 2. The molecule has 492 valence electrons. The van der Waals surface area contributed by atoms with Gasteiger partial charge in [-0.15, -0.1) is 0 Å². The van der Waals surface area contributed by atoms with Gasteiger partial charge in [-0.2, -0.15) is 0 Å². The molecule has 0 amide bonds. The summed E-state index contributed by atoms with van der Waals surface area (Å²) in [5, 5.41) is 10.5. The zero-order valence-corrected chi connectivity index (χ0v) is 55.1. The summed E-state index contributed by atoms with van der Waals surface area (Å²) in [4.78, 5) is 71.9. The van der Waals surface area contributed by atoms with E-state index >= 15 is 0 Å². The van der Waals surface area contributed by atoms with Crippen molar-refractivity contribution in [2.24, 2.45) is 5.92 Å². The number of carbonyl (C=O) groups is 4. The highest BCUT2D eigenvalue weighted by atomic mass is 31.2. The summed E-state index contributed by atoms with van der Waals surface area (Å²) in [6.45, 7) is 7.10. The molecule has 83 heavy (non-hydrogen) atoms. The summed E-state index contributed by atoms with van der Waals surface area (Å²) >= 11 is 0. The van der Waals surface area contributed by atoms with Crippen LogP contribution in [0.4, 0.5) is 0 Å². The van der Waals surface area contributed by atoms with Crippen LogP contribution in [-0.2, 0) is 65.4 Å². The first-order valence-corrected chi connectivity index (χ1v) is 36.6. The van der Waals surface area contributed by atoms with Gasteiger partial charge in [-0.05, 0) is 31.6 Å². The molecule has 0 aromatic rings. The van der Waals surface area contributed by atoms with Gasteiger partial charge in [-0.3, -0.25) is 37.3 Å². The van der Waals surface area contributed by atoms with E-state index in [2.05, 4.69) is 34.6 Å². The molecule has 17 nitrogen and oxygen atoms in total. The second-order valence-corrected chi connectivity index (χ2v) is 26.5. The Bertz CT molecular complexity index is 1620. The Kier molecular flexibility index (Phi) is 56.4. The second kappa shape index (κ2) is 57.8. The summed E-state index contributed by atoms with van der Waals surface area (Å²) in [5.41, 5.74) is 0. The third-order valence-corrected chi connectivity index (χ3v) is 16.7. The van der Waals surface area contributed by atoms with Crippen LogP contribution in [0.2, 0.25) is 0 Å². The lowest BCUT2D eigenvalue weighted by Crippen LogP contribution is -2.30. The minimum atomic E-state index is -4.94. The van der Waals surface area contributed by atoms with Crippen LogP contribution in [0.15, 0.2) is 0 Å². The van der Waals surface area contributed by atoms with Crippen molar-refractivity contribution in [3.63, 3.8) is 0 Å². The fourth-order valence-electron chi connectivity index (χ4n) is 9.58. The monoisotopic (exact) mass is 1230 g/mol. The van der Waals surface area contributed by atoms with E-state index in [9.17, 15) is 43.2 Å². The molecule has 0 spiro atoms. The largest absolute Gasteiger partial charge is 0.472 e. The lowest BCUT2D eigenvalue weighted by molar-refractivity contribution is -0.161. The molecule has 0 saturated carbocycles. The first kappa shape index (κ1) is 81.1. The molecule has 19 heteroatoms. The number of aliphatic hydroxyl groups is 1. The second-order valence-electron chi connectivity index (χ2n) is 23.6.